The van der Waals surface area contributed by atoms with Gasteiger partial charge in [0.15, 0.2) is 0 Å². The molecule has 2 aliphatic rings. The van der Waals surface area contributed by atoms with Crippen LogP contribution in [0.3, 0.4) is 0 Å². The summed E-state index contributed by atoms with van der Waals surface area (Å²) in [5.41, 5.74) is 0.760. The summed E-state index contributed by atoms with van der Waals surface area (Å²) in [6.07, 6.45) is 9.39. The number of rotatable bonds is 4. The van der Waals surface area contributed by atoms with E-state index in [-0.39, 0.29) is 11.2 Å². The molecular formula is C17H23N3O4S. The van der Waals surface area contributed by atoms with Crippen molar-refractivity contribution in [1.29, 1.82) is 0 Å². The largest absolute Gasteiger partial charge is 0.472 e. The minimum Gasteiger partial charge on any atom is -0.472 e. The summed E-state index contributed by atoms with van der Waals surface area (Å²) in [5.74, 6) is 1.15. The van der Waals surface area contributed by atoms with E-state index in [0.717, 1.165) is 50.5 Å². The normalized spacial score (nSPS) is 21.6. The fraction of sp³-hybridized carbons (Fsp3) is 0.647. The fourth-order valence-corrected chi connectivity index (χ4v) is 5.90. The van der Waals surface area contributed by atoms with Gasteiger partial charge in [-0.3, -0.25) is 0 Å². The molecule has 2 aromatic heterocycles. The van der Waals surface area contributed by atoms with Crippen molar-refractivity contribution in [2.45, 2.75) is 56.1 Å². The molecular weight excluding hydrogens is 342 g/mol. The van der Waals surface area contributed by atoms with Crippen LogP contribution in [0, 0.1) is 0 Å². The summed E-state index contributed by atoms with van der Waals surface area (Å²) in [5, 5.41) is 8.03. The van der Waals surface area contributed by atoms with Gasteiger partial charge < -0.3 is 8.83 Å². The number of aromatic nitrogens is 2. The van der Waals surface area contributed by atoms with Crippen molar-refractivity contribution >= 4 is 10.0 Å². The summed E-state index contributed by atoms with van der Waals surface area (Å²) in [6, 6.07) is 1.77. The van der Waals surface area contributed by atoms with Crippen LogP contribution in [0.15, 0.2) is 27.4 Å². The molecule has 2 aromatic rings. The van der Waals surface area contributed by atoms with Crippen LogP contribution in [0.1, 0.15) is 56.8 Å². The molecule has 0 unspecified atom stereocenters. The summed E-state index contributed by atoms with van der Waals surface area (Å²) in [6.45, 7) is 1.07. The topological polar surface area (TPSA) is 89.4 Å². The lowest BCUT2D eigenvalue weighted by Crippen LogP contribution is -2.43. The van der Waals surface area contributed by atoms with Gasteiger partial charge in [0.1, 0.15) is 6.26 Å². The van der Waals surface area contributed by atoms with Gasteiger partial charge >= 0.3 is 0 Å². The van der Waals surface area contributed by atoms with Crippen LogP contribution in [-0.2, 0) is 10.0 Å². The third-order valence-electron chi connectivity index (χ3n) is 5.35. The molecule has 1 aliphatic carbocycles. The first kappa shape index (κ1) is 16.8. The van der Waals surface area contributed by atoms with Crippen LogP contribution in [0.4, 0.5) is 0 Å². The Kier molecular flexibility index (Phi) is 4.64. The highest BCUT2D eigenvalue weighted by atomic mass is 32.2. The molecule has 25 heavy (non-hydrogen) atoms. The zero-order valence-electron chi connectivity index (χ0n) is 14.1. The van der Waals surface area contributed by atoms with Gasteiger partial charge in [-0.05, 0) is 31.7 Å². The molecule has 0 bridgehead atoms. The number of sulfonamides is 1. The Labute approximate surface area is 147 Å². The Balaban J connectivity index is 1.40. The number of furan rings is 1. The van der Waals surface area contributed by atoms with E-state index >= 15 is 0 Å². The Morgan fingerprint density at radius 1 is 1.04 bits per heavy atom. The second-order valence-corrected chi connectivity index (χ2v) is 9.15. The van der Waals surface area contributed by atoms with Gasteiger partial charge in [0.2, 0.25) is 15.9 Å². The maximum Gasteiger partial charge on any atom is 0.250 e. The molecule has 0 atom stereocenters. The second kappa shape index (κ2) is 6.92. The Hall–Kier alpha value is -1.67. The summed E-state index contributed by atoms with van der Waals surface area (Å²) >= 11 is 0. The highest BCUT2D eigenvalue weighted by Crippen LogP contribution is 2.33. The Bertz CT molecular complexity index is 786. The van der Waals surface area contributed by atoms with E-state index in [1.54, 1.807) is 22.9 Å². The van der Waals surface area contributed by atoms with Crippen molar-refractivity contribution in [2.75, 3.05) is 13.1 Å². The molecule has 4 rings (SSSR count). The molecule has 8 heteroatoms. The predicted octanol–water partition coefficient (Wildman–Crippen LogP) is 3.17. The average molecular weight is 365 g/mol. The maximum absolute atomic E-state index is 12.8. The first-order valence-electron chi connectivity index (χ1n) is 8.99. The zero-order chi connectivity index (χ0) is 17.3. The first-order chi connectivity index (χ1) is 12.1. The minimum absolute atomic E-state index is 0.117. The molecule has 1 aliphatic heterocycles. The second-order valence-electron chi connectivity index (χ2n) is 6.94. The highest BCUT2D eigenvalue weighted by molar-refractivity contribution is 7.89. The number of piperidine rings is 1. The van der Waals surface area contributed by atoms with E-state index in [1.165, 1.54) is 0 Å². The lowest BCUT2D eigenvalue weighted by Gasteiger charge is -2.33. The molecule has 1 saturated carbocycles. The van der Waals surface area contributed by atoms with E-state index in [9.17, 15) is 8.42 Å². The molecule has 7 nitrogen and oxygen atoms in total. The Morgan fingerprint density at radius 3 is 2.48 bits per heavy atom. The van der Waals surface area contributed by atoms with Crippen molar-refractivity contribution in [3.63, 3.8) is 0 Å². The summed E-state index contributed by atoms with van der Waals surface area (Å²) in [7, 11) is -3.17. The average Bonchev–Trinajstić information content (AvgIpc) is 3.34. The molecule has 0 N–H and O–H groups in total. The number of hydrogen-bond acceptors (Lipinski definition) is 6. The molecule has 2 fully saturated rings. The monoisotopic (exact) mass is 365 g/mol. The standard InChI is InChI=1S/C17H23N3O4S/c21-25(22,15-4-2-1-3-5-15)20-9-6-13(7-10-20)16-18-19-17(24-16)14-8-11-23-12-14/h8,11-13,15H,1-7,9-10H2. The van der Waals surface area contributed by atoms with Gasteiger partial charge in [-0.2, -0.15) is 0 Å². The summed E-state index contributed by atoms with van der Waals surface area (Å²) in [4.78, 5) is 0. The van der Waals surface area contributed by atoms with Crippen LogP contribution in [-0.4, -0.2) is 41.3 Å². The zero-order valence-corrected chi connectivity index (χ0v) is 15.0. The fourth-order valence-electron chi connectivity index (χ4n) is 3.83. The van der Waals surface area contributed by atoms with Crippen LogP contribution in [0.5, 0.6) is 0 Å². The van der Waals surface area contributed by atoms with E-state index in [0.29, 0.717) is 24.9 Å². The molecule has 0 aromatic carbocycles. The summed E-state index contributed by atoms with van der Waals surface area (Å²) < 4.78 is 38.1. The van der Waals surface area contributed by atoms with Gasteiger partial charge in [0, 0.05) is 19.0 Å². The smallest absolute Gasteiger partial charge is 0.250 e. The van der Waals surface area contributed by atoms with E-state index in [1.807, 2.05) is 0 Å². The first-order valence-corrected chi connectivity index (χ1v) is 10.5. The van der Waals surface area contributed by atoms with Gasteiger partial charge in [0.25, 0.3) is 5.89 Å². The van der Waals surface area contributed by atoms with E-state index < -0.39 is 10.0 Å². The third kappa shape index (κ3) is 3.37. The van der Waals surface area contributed by atoms with Crippen molar-refractivity contribution in [3.8, 4) is 11.5 Å². The molecule has 0 amide bonds. The van der Waals surface area contributed by atoms with Crippen LogP contribution < -0.4 is 0 Å². The van der Waals surface area contributed by atoms with Gasteiger partial charge in [-0.1, -0.05) is 19.3 Å². The highest BCUT2D eigenvalue weighted by Gasteiger charge is 2.36. The van der Waals surface area contributed by atoms with Crippen LogP contribution in [0.25, 0.3) is 11.5 Å². The van der Waals surface area contributed by atoms with Crippen LogP contribution in [0.2, 0.25) is 0 Å². The van der Waals surface area contributed by atoms with Crippen molar-refractivity contribution in [1.82, 2.24) is 14.5 Å². The van der Waals surface area contributed by atoms with Gasteiger partial charge in [-0.15, -0.1) is 10.2 Å². The van der Waals surface area contributed by atoms with Crippen molar-refractivity contribution in [3.05, 3.63) is 24.5 Å². The SMILES string of the molecule is O=S(=O)(C1CCCCC1)N1CCC(c2nnc(-c3ccoc3)o2)CC1. The lowest BCUT2D eigenvalue weighted by atomic mass is 9.98. The molecule has 0 spiro atoms. The number of hydrogen-bond donors (Lipinski definition) is 0. The van der Waals surface area contributed by atoms with Crippen molar-refractivity contribution in [2.24, 2.45) is 0 Å². The quantitative estimate of drug-likeness (QED) is 0.827. The van der Waals surface area contributed by atoms with Gasteiger partial charge in [-0.25, -0.2) is 12.7 Å². The minimum atomic E-state index is -3.17. The molecule has 136 valence electrons. The predicted molar refractivity (Wildman–Crippen MR) is 91.3 cm³/mol. The van der Waals surface area contributed by atoms with Gasteiger partial charge in [0.05, 0.1) is 17.1 Å². The Morgan fingerprint density at radius 2 is 1.80 bits per heavy atom. The molecule has 1 saturated heterocycles. The van der Waals surface area contributed by atoms with Crippen LogP contribution >= 0.6 is 0 Å². The lowest BCUT2D eigenvalue weighted by molar-refractivity contribution is 0.286. The number of nitrogens with zero attached hydrogens (tertiary/aromatic N) is 3. The molecule has 0 radical (unpaired) electrons. The van der Waals surface area contributed by atoms with Crippen molar-refractivity contribution < 1.29 is 17.3 Å². The molecule has 3 heterocycles. The van der Waals surface area contributed by atoms with E-state index in [4.69, 9.17) is 8.83 Å². The maximum atomic E-state index is 12.8. The third-order valence-corrected chi connectivity index (χ3v) is 7.74. The van der Waals surface area contributed by atoms with E-state index in [2.05, 4.69) is 10.2 Å².